The van der Waals surface area contributed by atoms with Crippen LogP contribution in [0.3, 0.4) is 0 Å². The van der Waals surface area contributed by atoms with E-state index in [1.165, 1.54) is 28.8 Å². The van der Waals surface area contributed by atoms with E-state index in [0.29, 0.717) is 11.3 Å². The zero-order valence-electron chi connectivity index (χ0n) is 20.1. The normalized spacial score (nSPS) is 17.4. The van der Waals surface area contributed by atoms with E-state index in [4.69, 9.17) is 16.2 Å². The van der Waals surface area contributed by atoms with Gasteiger partial charge in [0.15, 0.2) is 5.96 Å². The van der Waals surface area contributed by atoms with Crippen molar-refractivity contribution >= 4 is 11.9 Å². The van der Waals surface area contributed by atoms with Crippen molar-refractivity contribution in [3.05, 3.63) is 86.4 Å². The molecule has 0 bridgehead atoms. The van der Waals surface area contributed by atoms with E-state index in [2.05, 4.69) is 15.3 Å². The number of benzene rings is 2. The first-order chi connectivity index (χ1) is 17.3. The smallest absolute Gasteiger partial charge is 0.355 e. The van der Waals surface area contributed by atoms with E-state index in [-0.39, 0.29) is 37.1 Å². The summed E-state index contributed by atoms with van der Waals surface area (Å²) in [5.41, 5.74) is 11.3. The molecule has 1 fully saturated rings. The first-order valence-electron chi connectivity index (χ1n) is 11.8. The Balaban J connectivity index is 1.64. The van der Waals surface area contributed by atoms with Gasteiger partial charge in [-0.25, -0.2) is 18.5 Å². The molecule has 1 heterocycles. The summed E-state index contributed by atoms with van der Waals surface area (Å²) in [6.07, 6.45) is 3.08. The van der Waals surface area contributed by atoms with E-state index in [1.54, 1.807) is 19.2 Å². The van der Waals surface area contributed by atoms with Crippen LogP contribution in [0.1, 0.15) is 36.8 Å². The molecule has 1 aliphatic rings. The number of nitrogens with one attached hydrogen (secondary N) is 1. The first-order valence-corrected chi connectivity index (χ1v) is 11.8. The van der Waals surface area contributed by atoms with Crippen molar-refractivity contribution in [2.45, 2.75) is 50.9 Å². The van der Waals surface area contributed by atoms with Crippen molar-refractivity contribution in [1.82, 2.24) is 14.1 Å². The molecule has 1 saturated carbocycles. The Morgan fingerprint density at radius 3 is 2.17 bits per heavy atom. The van der Waals surface area contributed by atoms with Gasteiger partial charge in [0.25, 0.3) is 0 Å². The van der Waals surface area contributed by atoms with Gasteiger partial charge in [-0.05, 0) is 61.1 Å². The molecule has 36 heavy (non-hydrogen) atoms. The molecule has 1 aliphatic carbocycles. The maximum absolute atomic E-state index is 13.5. The van der Waals surface area contributed by atoms with Crippen LogP contribution in [0.5, 0.6) is 5.75 Å². The maximum Gasteiger partial charge on any atom is 0.355 e. The maximum atomic E-state index is 13.5. The van der Waals surface area contributed by atoms with Crippen LogP contribution in [-0.4, -0.2) is 39.3 Å². The average Bonchev–Trinajstić information content (AvgIpc) is 2.86. The highest BCUT2D eigenvalue weighted by Crippen LogP contribution is 2.23. The number of hydrogen-bond donors (Lipinski definition) is 3. The third-order valence-corrected chi connectivity index (χ3v) is 6.27. The van der Waals surface area contributed by atoms with Gasteiger partial charge < -0.3 is 21.5 Å². The summed E-state index contributed by atoms with van der Waals surface area (Å²) < 4.78 is 21.0. The number of hydrogen-bond acceptors (Lipinski definition) is 6. The van der Waals surface area contributed by atoms with Crippen molar-refractivity contribution in [1.29, 1.82) is 0 Å². The molecule has 1 aromatic heterocycles. The molecule has 0 saturated heterocycles. The summed E-state index contributed by atoms with van der Waals surface area (Å²) in [6, 6.07) is 13.0. The predicted molar refractivity (Wildman–Crippen MR) is 136 cm³/mol. The Bertz CT molecular complexity index is 1320. The van der Waals surface area contributed by atoms with Crippen LogP contribution in [0, 0.1) is 5.82 Å². The molecule has 5 N–H and O–H groups in total. The Labute approximate surface area is 207 Å². The van der Waals surface area contributed by atoms with Crippen molar-refractivity contribution in [2.24, 2.45) is 16.5 Å². The lowest BCUT2D eigenvalue weighted by Crippen LogP contribution is -2.44. The Morgan fingerprint density at radius 1 is 1.00 bits per heavy atom. The second kappa shape index (κ2) is 11.1. The minimum atomic E-state index is -0.674. The highest BCUT2D eigenvalue weighted by atomic mass is 19.1. The molecule has 0 radical (unpaired) electrons. The Kier molecular flexibility index (Phi) is 7.67. The fourth-order valence-corrected chi connectivity index (χ4v) is 4.35. The van der Waals surface area contributed by atoms with Crippen molar-refractivity contribution in [3.8, 4) is 5.75 Å². The molecular formula is C25H30FN7O3. The van der Waals surface area contributed by atoms with Gasteiger partial charge in [-0.15, -0.1) is 0 Å². The molecule has 2 aromatic carbocycles. The van der Waals surface area contributed by atoms with Crippen molar-refractivity contribution in [2.75, 3.05) is 12.4 Å². The summed E-state index contributed by atoms with van der Waals surface area (Å²) in [4.78, 5) is 34.9. The quantitative estimate of drug-likeness (QED) is 0.318. The molecule has 0 spiro atoms. The van der Waals surface area contributed by atoms with Crippen molar-refractivity contribution in [3.63, 3.8) is 0 Å². The summed E-state index contributed by atoms with van der Waals surface area (Å²) >= 11 is 0. The second-order valence-corrected chi connectivity index (χ2v) is 8.85. The van der Waals surface area contributed by atoms with E-state index >= 15 is 0 Å². The largest absolute Gasteiger partial charge is 0.497 e. The monoisotopic (exact) mass is 495 g/mol. The summed E-state index contributed by atoms with van der Waals surface area (Å²) in [7, 11) is 1.58. The zero-order valence-corrected chi connectivity index (χ0v) is 20.1. The fraction of sp³-hybridized carbons (Fsp3) is 0.360. The van der Waals surface area contributed by atoms with Crippen LogP contribution in [0.4, 0.5) is 10.3 Å². The standard InChI is InChI=1S/C25H30FN7O3/c1-36-21-12-4-17(5-13-21)14-32-23(30-20-10-8-19(9-11-20)29-22(27)28)31-24(34)33(25(32)35)15-16-2-6-18(26)7-3-16/h2-7,12-13,19-20H,8-11,14-15H2,1H3,(H4,27,28,29)(H,30,31,34). The third-order valence-electron chi connectivity index (χ3n) is 6.27. The lowest BCUT2D eigenvalue weighted by Gasteiger charge is -2.28. The lowest BCUT2D eigenvalue weighted by molar-refractivity contribution is 0.408. The van der Waals surface area contributed by atoms with Gasteiger partial charge in [-0.2, -0.15) is 4.98 Å². The summed E-state index contributed by atoms with van der Waals surface area (Å²) in [5.74, 6) is 0.587. The highest BCUT2D eigenvalue weighted by molar-refractivity contribution is 5.75. The number of nitrogens with zero attached hydrogens (tertiary/aromatic N) is 4. The zero-order chi connectivity index (χ0) is 25.7. The average molecular weight is 496 g/mol. The van der Waals surface area contributed by atoms with Gasteiger partial charge in [0.05, 0.1) is 26.2 Å². The number of aromatic nitrogens is 3. The number of aliphatic imine (C=N–C) groups is 1. The summed E-state index contributed by atoms with van der Waals surface area (Å²) in [5, 5.41) is 3.30. The second-order valence-electron chi connectivity index (χ2n) is 8.85. The Morgan fingerprint density at radius 2 is 1.58 bits per heavy atom. The van der Waals surface area contributed by atoms with Gasteiger partial charge in [-0.3, -0.25) is 9.56 Å². The molecular weight excluding hydrogens is 465 g/mol. The van der Waals surface area contributed by atoms with Gasteiger partial charge in [0, 0.05) is 6.04 Å². The number of halogens is 1. The fourth-order valence-electron chi connectivity index (χ4n) is 4.35. The van der Waals surface area contributed by atoms with Crippen LogP contribution >= 0.6 is 0 Å². The van der Waals surface area contributed by atoms with Gasteiger partial charge in [-0.1, -0.05) is 24.3 Å². The van der Waals surface area contributed by atoms with Crippen LogP contribution in [-0.2, 0) is 13.1 Å². The SMILES string of the molecule is COc1ccc(Cn2c(NC3CCC(N=C(N)N)CC3)nc(=O)n(Cc3ccc(F)cc3)c2=O)cc1. The number of ether oxygens (including phenoxy) is 1. The summed E-state index contributed by atoms with van der Waals surface area (Å²) in [6.45, 7) is 0.183. The third kappa shape index (κ3) is 6.09. The minimum absolute atomic E-state index is 0.0109. The lowest BCUT2D eigenvalue weighted by atomic mass is 9.91. The number of nitrogens with two attached hydrogens (primary N) is 2. The number of guanidine groups is 1. The molecule has 190 valence electrons. The van der Waals surface area contributed by atoms with Gasteiger partial charge in [0.2, 0.25) is 5.95 Å². The van der Waals surface area contributed by atoms with Crippen molar-refractivity contribution < 1.29 is 9.13 Å². The molecule has 0 amide bonds. The number of rotatable bonds is 8. The number of methoxy groups -OCH3 is 1. The highest BCUT2D eigenvalue weighted by Gasteiger charge is 2.23. The van der Waals surface area contributed by atoms with E-state index in [9.17, 15) is 14.0 Å². The Hall–Kier alpha value is -4.15. The van der Waals surface area contributed by atoms with E-state index in [0.717, 1.165) is 35.8 Å². The van der Waals surface area contributed by atoms with Gasteiger partial charge in [0.1, 0.15) is 11.6 Å². The first kappa shape index (κ1) is 25.0. The van der Waals surface area contributed by atoms with Crippen LogP contribution in [0.25, 0.3) is 0 Å². The molecule has 3 aromatic rings. The number of anilines is 1. The van der Waals surface area contributed by atoms with E-state index < -0.39 is 17.2 Å². The molecule has 10 nitrogen and oxygen atoms in total. The molecule has 0 atom stereocenters. The van der Waals surface area contributed by atoms with Crippen LogP contribution in [0.2, 0.25) is 0 Å². The topological polar surface area (TPSA) is 143 Å². The van der Waals surface area contributed by atoms with Gasteiger partial charge >= 0.3 is 11.4 Å². The van der Waals surface area contributed by atoms with E-state index in [1.807, 2.05) is 12.1 Å². The minimum Gasteiger partial charge on any atom is -0.497 e. The molecule has 0 unspecified atom stereocenters. The molecule has 11 heteroatoms. The van der Waals surface area contributed by atoms with Crippen LogP contribution in [0.15, 0.2) is 63.1 Å². The predicted octanol–water partition coefficient (Wildman–Crippen LogP) is 1.65. The molecule has 0 aliphatic heterocycles. The van der Waals surface area contributed by atoms with Crippen LogP contribution < -0.4 is 32.9 Å². The molecule has 4 rings (SSSR count).